The van der Waals surface area contributed by atoms with Gasteiger partial charge in [0.1, 0.15) is 0 Å². The van der Waals surface area contributed by atoms with Crippen molar-refractivity contribution in [1.82, 2.24) is 9.21 Å². The molecule has 0 saturated carbocycles. The Morgan fingerprint density at radius 3 is 1.98 bits per heavy atom. The maximum absolute atomic E-state index is 13.7. The van der Waals surface area contributed by atoms with Crippen LogP contribution in [0.4, 0.5) is 10.5 Å². The number of amides is 1. The number of non-ortho nitro benzene ring substituents is 1. The van der Waals surface area contributed by atoms with Gasteiger partial charge in [-0.1, -0.05) is 74.5 Å². The second-order valence-corrected chi connectivity index (χ2v) is 12.0. The van der Waals surface area contributed by atoms with Crippen LogP contribution in [0.25, 0.3) is 0 Å². The summed E-state index contributed by atoms with van der Waals surface area (Å²) in [7, 11) is -4.16. The number of hydrogen-bond acceptors (Lipinski definition) is 6. The van der Waals surface area contributed by atoms with Crippen molar-refractivity contribution >= 4 is 21.8 Å². The highest BCUT2D eigenvalue weighted by molar-refractivity contribution is 7.89. The third kappa shape index (κ3) is 8.35. The van der Waals surface area contributed by atoms with Crippen LogP contribution in [-0.2, 0) is 23.0 Å². The van der Waals surface area contributed by atoms with Gasteiger partial charge in [0, 0.05) is 31.8 Å². The SMILES string of the molecule is CC(C)CCN(C[C@@H](O)[C@H](Cc1ccccc1)N(Cc1ccccc1)C(=O)O)S(=O)(=O)c1ccc([N+](=O)[O-])cc1. The summed E-state index contributed by atoms with van der Waals surface area (Å²) in [6.07, 6.45) is -1.96. The van der Waals surface area contributed by atoms with Gasteiger partial charge in [-0.2, -0.15) is 4.31 Å². The Kier molecular flexibility index (Phi) is 10.8. The standard InChI is InChI=1S/C29H35N3O7S/c1-22(2)17-18-30(40(38,39)26-15-13-25(14-16-26)32(36)37)21-28(33)27(19-23-9-5-3-6-10-23)31(29(34)35)20-24-11-7-4-8-12-24/h3-16,22,27-28,33H,17-21H2,1-2H3,(H,34,35)/t27-,28+/m0/s1. The molecule has 0 aromatic heterocycles. The minimum atomic E-state index is -4.16. The quantitative estimate of drug-likeness (QED) is 0.210. The molecule has 2 N–H and O–H groups in total. The molecule has 3 aromatic rings. The zero-order valence-electron chi connectivity index (χ0n) is 22.5. The monoisotopic (exact) mass is 569 g/mol. The average molecular weight is 570 g/mol. The second kappa shape index (κ2) is 14.0. The molecule has 0 saturated heterocycles. The summed E-state index contributed by atoms with van der Waals surface area (Å²) >= 11 is 0. The number of rotatable bonds is 14. The van der Waals surface area contributed by atoms with Crippen molar-refractivity contribution in [3.63, 3.8) is 0 Å². The molecule has 11 heteroatoms. The van der Waals surface area contributed by atoms with E-state index in [9.17, 15) is 33.5 Å². The molecule has 0 aliphatic rings. The Hall–Kier alpha value is -3.80. The smallest absolute Gasteiger partial charge is 0.407 e. The third-order valence-electron chi connectivity index (χ3n) is 6.61. The van der Waals surface area contributed by atoms with Crippen molar-refractivity contribution in [3.05, 3.63) is 106 Å². The normalized spacial score (nSPS) is 13.2. The van der Waals surface area contributed by atoms with Crippen LogP contribution in [0.5, 0.6) is 0 Å². The first-order chi connectivity index (χ1) is 19.0. The number of carboxylic acid groups (broad SMARTS) is 1. The minimum Gasteiger partial charge on any atom is -0.465 e. The van der Waals surface area contributed by atoms with Crippen LogP contribution in [0.15, 0.2) is 89.8 Å². The van der Waals surface area contributed by atoms with E-state index in [-0.39, 0.29) is 42.6 Å². The molecule has 40 heavy (non-hydrogen) atoms. The molecule has 0 aliphatic heterocycles. The summed E-state index contributed by atoms with van der Waals surface area (Å²) in [5.41, 5.74) is 1.27. The summed E-state index contributed by atoms with van der Waals surface area (Å²) in [5.74, 6) is 0.153. The van der Waals surface area contributed by atoms with Crippen LogP contribution >= 0.6 is 0 Å². The van der Waals surface area contributed by atoms with E-state index in [1.807, 2.05) is 50.2 Å². The van der Waals surface area contributed by atoms with E-state index in [2.05, 4.69) is 0 Å². The molecule has 0 heterocycles. The number of sulfonamides is 1. The zero-order valence-corrected chi connectivity index (χ0v) is 23.4. The number of nitrogens with zero attached hydrogens (tertiary/aromatic N) is 3. The van der Waals surface area contributed by atoms with E-state index in [0.29, 0.717) is 6.42 Å². The number of aliphatic hydroxyl groups excluding tert-OH is 1. The molecule has 1 amide bonds. The first-order valence-corrected chi connectivity index (χ1v) is 14.4. The highest BCUT2D eigenvalue weighted by Gasteiger charge is 2.35. The third-order valence-corrected chi connectivity index (χ3v) is 8.48. The maximum atomic E-state index is 13.7. The molecule has 0 aliphatic carbocycles. The largest absolute Gasteiger partial charge is 0.465 e. The van der Waals surface area contributed by atoms with Crippen LogP contribution in [0, 0.1) is 16.0 Å². The number of benzene rings is 3. The van der Waals surface area contributed by atoms with Crippen LogP contribution in [0.3, 0.4) is 0 Å². The molecule has 2 atom stereocenters. The first kappa shape index (κ1) is 30.7. The molecule has 3 aromatic carbocycles. The fraction of sp³-hybridized carbons (Fsp3) is 0.345. The second-order valence-electron chi connectivity index (χ2n) is 10.0. The lowest BCUT2D eigenvalue weighted by Gasteiger charge is -2.35. The van der Waals surface area contributed by atoms with Gasteiger partial charge in [0.2, 0.25) is 10.0 Å². The highest BCUT2D eigenvalue weighted by Crippen LogP contribution is 2.23. The number of aliphatic hydroxyl groups is 1. The topological polar surface area (TPSA) is 141 Å². The summed E-state index contributed by atoms with van der Waals surface area (Å²) < 4.78 is 28.4. The van der Waals surface area contributed by atoms with Crippen molar-refractivity contribution < 1.29 is 28.3 Å². The van der Waals surface area contributed by atoms with Crippen molar-refractivity contribution in [2.24, 2.45) is 5.92 Å². The molecular formula is C29H35N3O7S. The van der Waals surface area contributed by atoms with Gasteiger partial charge in [0.25, 0.3) is 5.69 Å². The van der Waals surface area contributed by atoms with E-state index in [1.54, 1.807) is 24.3 Å². The molecule has 0 unspecified atom stereocenters. The Bertz CT molecular complexity index is 1350. The maximum Gasteiger partial charge on any atom is 0.407 e. The fourth-order valence-electron chi connectivity index (χ4n) is 4.35. The van der Waals surface area contributed by atoms with Crippen LogP contribution in [0.2, 0.25) is 0 Å². The van der Waals surface area contributed by atoms with E-state index < -0.39 is 33.2 Å². The van der Waals surface area contributed by atoms with Gasteiger partial charge >= 0.3 is 6.09 Å². The lowest BCUT2D eigenvalue weighted by molar-refractivity contribution is -0.384. The number of carbonyl (C=O) groups is 1. The number of hydrogen-bond donors (Lipinski definition) is 2. The molecule has 0 fully saturated rings. The van der Waals surface area contributed by atoms with Gasteiger partial charge in [0.15, 0.2) is 0 Å². The van der Waals surface area contributed by atoms with Gasteiger partial charge in [0.05, 0.1) is 22.0 Å². The number of nitro benzene ring substituents is 1. The summed E-state index contributed by atoms with van der Waals surface area (Å²) in [6.45, 7) is 3.61. The van der Waals surface area contributed by atoms with Gasteiger partial charge in [-0.15, -0.1) is 0 Å². The summed E-state index contributed by atoms with van der Waals surface area (Å²) in [5, 5.41) is 32.8. The van der Waals surface area contributed by atoms with Crippen LogP contribution in [0.1, 0.15) is 31.4 Å². The minimum absolute atomic E-state index is 0.00578. The van der Waals surface area contributed by atoms with Gasteiger partial charge < -0.3 is 10.2 Å². The predicted octanol–water partition coefficient (Wildman–Crippen LogP) is 4.78. The average Bonchev–Trinajstić information content (AvgIpc) is 2.93. The molecule has 3 rings (SSSR count). The number of nitro groups is 1. The molecule has 0 spiro atoms. The Morgan fingerprint density at radius 1 is 0.925 bits per heavy atom. The van der Waals surface area contributed by atoms with Crippen molar-refractivity contribution in [3.8, 4) is 0 Å². The van der Waals surface area contributed by atoms with Gasteiger partial charge in [-0.25, -0.2) is 13.2 Å². The van der Waals surface area contributed by atoms with Crippen molar-refractivity contribution in [1.29, 1.82) is 0 Å². The van der Waals surface area contributed by atoms with Crippen LogP contribution < -0.4 is 0 Å². The van der Waals surface area contributed by atoms with Crippen molar-refractivity contribution in [2.45, 2.75) is 50.3 Å². The van der Waals surface area contributed by atoms with Crippen molar-refractivity contribution in [2.75, 3.05) is 13.1 Å². The summed E-state index contributed by atoms with van der Waals surface area (Å²) in [6, 6.07) is 21.7. The molecular weight excluding hydrogens is 534 g/mol. The molecule has 0 bridgehead atoms. The lowest BCUT2D eigenvalue weighted by Crippen LogP contribution is -2.52. The van der Waals surface area contributed by atoms with E-state index in [1.165, 1.54) is 12.1 Å². The van der Waals surface area contributed by atoms with E-state index >= 15 is 0 Å². The predicted molar refractivity (Wildman–Crippen MR) is 151 cm³/mol. The summed E-state index contributed by atoms with van der Waals surface area (Å²) in [4.78, 5) is 23.9. The Morgan fingerprint density at radius 2 is 1.48 bits per heavy atom. The highest BCUT2D eigenvalue weighted by atomic mass is 32.2. The Balaban J connectivity index is 1.97. The van der Waals surface area contributed by atoms with E-state index in [0.717, 1.165) is 32.5 Å². The molecule has 0 radical (unpaired) electrons. The van der Waals surface area contributed by atoms with Gasteiger partial charge in [-0.3, -0.25) is 15.0 Å². The lowest BCUT2D eigenvalue weighted by atomic mass is 9.99. The molecule has 10 nitrogen and oxygen atoms in total. The van der Waals surface area contributed by atoms with E-state index in [4.69, 9.17) is 0 Å². The fourth-order valence-corrected chi connectivity index (χ4v) is 5.82. The van der Waals surface area contributed by atoms with Gasteiger partial charge in [-0.05, 0) is 42.0 Å². The first-order valence-electron chi connectivity index (χ1n) is 13.0. The Labute approximate surface area is 234 Å². The van der Waals surface area contributed by atoms with Crippen LogP contribution in [-0.4, -0.2) is 64.1 Å². The molecule has 214 valence electrons. The zero-order chi connectivity index (χ0) is 29.3.